The van der Waals surface area contributed by atoms with Gasteiger partial charge in [0.1, 0.15) is 6.26 Å². The van der Waals surface area contributed by atoms with E-state index in [1.807, 2.05) is 13.0 Å². The van der Waals surface area contributed by atoms with Gasteiger partial charge < -0.3 is 19.8 Å². The second kappa shape index (κ2) is 8.66. The quantitative estimate of drug-likeness (QED) is 0.625. The summed E-state index contributed by atoms with van der Waals surface area (Å²) in [6.45, 7) is 7.46. The number of hydrogen-bond donors (Lipinski definition) is 2. The van der Waals surface area contributed by atoms with E-state index >= 15 is 0 Å². The molecule has 3 rings (SSSR count). The minimum absolute atomic E-state index is 0.340. The summed E-state index contributed by atoms with van der Waals surface area (Å²) in [5.74, 6) is -0.140. The fraction of sp³-hybridized carbons (Fsp3) is 0.444. The number of nitrogens with zero attached hydrogens (tertiary/aromatic N) is 4. The van der Waals surface area contributed by atoms with Gasteiger partial charge in [0, 0.05) is 45.3 Å². The number of aromatic nitrogens is 1. The minimum Gasteiger partial charge on any atom is -0.505 e. The molecule has 2 heterocycles. The molecule has 0 unspecified atom stereocenters. The van der Waals surface area contributed by atoms with Gasteiger partial charge in [0.15, 0.2) is 17.5 Å². The Hall–Kier alpha value is -2.61. The number of guanidine groups is 1. The summed E-state index contributed by atoms with van der Waals surface area (Å²) >= 11 is 0. The third-order valence-corrected chi connectivity index (χ3v) is 4.31. The van der Waals surface area contributed by atoms with Crippen LogP contribution in [0.5, 0.6) is 5.75 Å². The normalized spacial score (nSPS) is 16.1. The highest BCUT2D eigenvalue weighted by Crippen LogP contribution is 2.17. The fourth-order valence-electron chi connectivity index (χ4n) is 2.91. The lowest BCUT2D eigenvalue weighted by Crippen LogP contribution is -2.52. The first-order valence-corrected chi connectivity index (χ1v) is 8.78. The largest absolute Gasteiger partial charge is 0.505 e. The van der Waals surface area contributed by atoms with Crippen LogP contribution in [-0.2, 0) is 13.1 Å². The van der Waals surface area contributed by atoms with Crippen LogP contribution in [0.3, 0.4) is 0 Å². The van der Waals surface area contributed by atoms with Crippen LogP contribution in [-0.4, -0.2) is 58.7 Å². The second-order valence-electron chi connectivity index (χ2n) is 6.21. The minimum atomic E-state index is -0.621. The molecule has 0 spiro atoms. The van der Waals surface area contributed by atoms with Crippen LogP contribution in [0.15, 0.2) is 40.0 Å². The average Bonchev–Trinajstić information content (AvgIpc) is 3.15. The van der Waals surface area contributed by atoms with Crippen molar-refractivity contribution in [2.45, 2.75) is 20.0 Å². The monoisotopic (exact) mass is 361 g/mol. The van der Waals surface area contributed by atoms with E-state index in [4.69, 9.17) is 4.52 Å². The maximum absolute atomic E-state index is 13.5. The van der Waals surface area contributed by atoms with Gasteiger partial charge in [-0.15, -0.1) is 0 Å². The maximum atomic E-state index is 13.5. The van der Waals surface area contributed by atoms with Crippen LogP contribution in [0.1, 0.15) is 18.2 Å². The van der Waals surface area contributed by atoms with Crippen molar-refractivity contribution in [1.82, 2.24) is 20.3 Å². The van der Waals surface area contributed by atoms with Crippen molar-refractivity contribution in [3.63, 3.8) is 0 Å². The van der Waals surface area contributed by atoms with Crippen molar-refractivity contribution >= 4 is 5.96 Å². The Morgan fingerprint density at radius 2 is 2.12 bits per heavy atom. The van der Waals surface area contributed by atoms with Gasteiger partial charge in [-0.1, -0.05) is 11.2 Å². The molecule has 2 N–H and O–H groups in total. The third-order valence-electron chi connectivity index (χ3n) is 4.31. The molecular formula is C18H24FN5O2. The summed E-state index contributed by atoms with van der Waals surface area (Å²) < 4.78 is 18.3. The molecule has 7 nitrogen and oxygen atoms in total. The van der Waals surface area contributed by atoms with Crippen LogP contribution in [0.2, 0.25) is 0 Å². The Bertz CT molecular complexity index is 727. The number of hydrogen-bond acceptors (Lipinski definition) is 5. The zero-order valence-corrected chi connectivity index (χ0v) is 14.9. The van der Waals surface area contributed by atoms with Crippen LogP contribution in [0.25, 0.3) is 0 Å². The highest BCUT2D eigenvalue weighted by Gasteiger charge is 2.20. The molecule has 26 heavy (non-hydrogen) atoms. The Balaban J connectivity index is 1.58. The van der Waals surface area contributed by atoms with Gasteiger partial charge in [0.25, 0.3) is 0 Å². The van der Waals surface area contributed by atoms with E-state index in [1.54, 1.807) is 12.3 Å². The number of aliphatic imine (C=N–C) groups is 1. The lowest BCUT2D eigenvalue weighted by molar-refractivity contribution is 0.169. The lowest BCUT2D eigenvalue weighted by Gasteiger charge is -2.36. The molecule has 0 atom stereocenters. The topological polar surface area (TPSA) is 77.1 Å². The molecule has 2 aromatic rings. The summed E-state index contributed by atoms with van der Waals surface area (Å²) in [5, 5.41) is 16.5. The van der Waals surface area contributed by atoms with Gasteiger partial charge in [-0.25, -0.2) is 9.38 Å². The molecule has 1 saturated heterocycles. The van der Waals surface area contributed by atoms with Crippen LogP contribution in [0.4, 0.5) is 4.39 Å². The van der Waals surface area contributed by atoms with E-state index in [2.05, 4.69) is 25.3 Å². The van der Waals surface area contributed by atoms with Gasteiger partial charge in [-0.2, -0.15) is 0 Å². The number of halogens is 1. The molecule has 0 aliphatic carbocycles. The van der Waals surface area contributed by atoms with Crippen molar-refractivity contribution in [2.75, 3.05) is 32.7 Å². The first-order chi connectivity index (χ1) is 12.7. The van der Waals surface area contributed by atoms with Gasteiger partial charge in [0.05, 0.1) is 12.2 Å². The Morgan fingerprint density at radius 3 is 2.77 bits per heavy atom. The first kappa shape index (κ1) is 18.2. The highest BCUT2D eigenvalue weighted by atomic mass is 19.1. The van der Waals surface area contributed by atoms with E-state index in [-0.39, 0.29) is 5.75 Å². The number of phenolic OH excluding ortho intramolecular Hbond substituents is 1. The third kappa shape index (κ3) is 4.72. The summed E-state index contributed by atoms with van der Waals surface area (Å²) in [7, 11) is 0. The summed E-state index contributed by atoms with van der Waals surface area (Å²) in [6, 6.07) is 6.24. The molecular weight excluding hydrogens is 337 g/mol. The van der Waals surface area contributed by atoms with E-state index in [0.29, 0.717) is 6.54 Å². The molecule has 1 aliphatic heterocycles. The molecule has 1 aromatic carbocycles. The number of aromatic hydroxyl groups is 1. The molecule has 1 fully saturated rings. The summed E-state index contributed by atoms with van der Waals surface area (Å²) in [5.41, 5.74) is 1.66. The Morgan fingerprint density at radius 1 is 1.31 bits per heavy atom. The van der Waals surface area contributed by atoms with Crippen molar-refractivity contribution < 1.29 is 14.0 Å². The number of benzene rings is 1. The zero-order valence-electron chi connectivity index (χ0n) is 14.9. The van der Waals surface area contributed by atoms with Gasteiger partial charge in [-0.05, 0) is 24.6 Å². The van der Waals surface area contributed by atoms with Crippen LogP contribution < -0.4 is 5.32 Å². The van der Waals surface area contributed by atoms with E-state index in [0.717, 1.165) is 56.5 Å². The first-order valence-electron chi connectivity index (χ1n) is 8.78. The number of rotatable bonds is 5. The van der Waals surface area contributed by atoms with Gasteiger partial charge in [0.2, 0.25) is 0 Å². The predicted molar refractivity (Wildman–Crippen MR) is 96.2 cm³/mol. The predicted octanol–water partition coefficient (Wildman–Crippen LogP) is 1.80. The fourth-order valence-corrected chi connectivity index (χ4v) is 2.91. The van der Waals surface area contributed by atoms with Crippen molar-refractivity contribution in [3.8, 4) is 5.75 Å². The highest BCUT2D eigenvalue weighted by molar-refractivity contribution is 5.80. The Labute approximate surface area is 152 Å². The van der Waals surface area contributed by atoms with E-state index in [1.165, 1.54) is 12.1 Å². The van der Waals surface area contributed by atoms with E-state index < -0.39 is 5.82 Å². The molecule has 0 bridgehead atoms. The number of nitrogens with one attached hydrogen (secondary N) is 1. The standard InChI is InChI=1S/C18H24FN5O2/c1-2-20-18(21-12-14-3-4-17(25)16(19)11-14)24-8-6-23(7-9-24)13-15-5-10-26-22-15/h3-5,10-11,25H,2,6-9,12-13H2,1H3,(H,20,21). The second-order valence-corrected chi connectivity index (χ2v) is 6.21. The van der Waals surface area contributed by atoms with Crippen LogP contribution in [0, 0.1) is 5.82 Å². The average molecular weight is 361 g/mol. The number of piperazine rings is 1. The van der Waals surface area contributed by atoms with Crippen molar-refractivity contribution in [1.29, 1.82) is 0 Å². The molecule has 140 valence electrons. The maximum Gasteiger partial charge on any atom is 0.194 e. The lowest BCUT2D eigenvalue weighted by atomic mass is 10.2. The van der Waals surface area contributed by atoms with E-state index in [9.17, 15) is 9.50 Å². The molecule has 0 amide bonds. The molecule has 1 aliphatic rings. The molecule has 8 heteroatoms. The summed E-state index contributed by atoms with van der Waals surface area (Å²) in [6.07, 6.45) is 1.59. The molecule has 0 saturated carbocycles. The summed E-state index contributed by atoms with van der Waals surface area (Å²) in [4.78, 5) is 9.15. The SMILES string of the molecule is CCNC(=NCc1ccc(O)c(F)c1)N1CCN(Cc2ccon2)CC1. The Kier molecular flexibility index (Phi) is 6.06. The van der Waals surface area contributed by atoms with Gasteiger partial charge in [-0.3, -0.25) is 4.90 Å². The smallest absolute Gasteiger partial charge is 0.194 e. The van der Waals surface area contributed by atoms with Crippen molar-refractivity contribution in [3.05, 3.63) is 47.6 Å². The molecule has 1 aromatic heterocycles. The number of phenols is 1. The van der Waals surface area contributed by atoms with Gasteiger partial charge >= 0.3 is 0 Å². The zero-order chi connectivity index (χ0) is 18.4. The van der Waals surface area contributed by atoms with Crippen molar-refractivity contribution in [2.24, 2.45) is 4.99 Å². The molecule has 0 radical (unpaired) electrons. The van der Waals surface area contributed by atoms with Crippen LogP contribution >= 0.6 is 0 Å².